The average Bonchev–Trinajstić information content (AvgIpc) is 3.03. The van der Waals surface area contributed by atoms with Gasteiger partial charge in [-0.2, -0.15) is 0 Å². The molecule has 6 nitrogen and oxygen atoms in total. The molecule has 0 saturated heterocycles. The number of hydrogen-bond acceptors (Lipinski definition) is 4. The van der Waals surface area contributed by atoms with Crippen molar-refractivity contribution in [3.8, 4) is 11.5 Å². The van der Waals surface area contributed by atoms with Crippen molar-refractivity contribution in [3.05, 3.63) is 138 Å². The van der Waals surface area contributed by atoms with E-state index in [0.29, 0.717) is 29.3 Å². The second kappa shape index (κ2) is 13.7. The van der Waals surface area contributed by atoms with E-state index in [0.717, 1.165) is 34.0 Å². The summed E-state index contributed by atoms with van der Waals surface area (Å²) in [6.07, 6.45) is -0.165. The third-order valence-corrected chi connectivity index (χ3v) is 7.07. The number of carbonyl (C=O) groups is 2. The molecule has 218 valence electrons. The number of nitrogens with zero attached hydrogens (tertiary/aromatic N) is 1. The SMILES string of the molecule is NCc1cccc(Oc2ccccc2N(Cc2cccc3ccccc23)C(=O)CCC(=O)NCc2ccc(F)c(F)c2)c1. The fourth-order valence-corrected chi connectivity index (χ4v) is 4.83. The van der Waals surface area contributed by atoms with Crippen molar-refractivity contribution < 1.29 is 23.1 Å². The fraction of sp³-hybridized carbons (Fsp3) is 0.143. The maximum Gasteiger partial charge on any atom is 0.227 e. The molecule has 0 heterocycles. The molecule has 5 rings (SSSR count). The molecule has 5 aromatic carbocycles. The van der Waals surface area contributed by atoms with Gasteiger partial charge in [0.2, 0.25) is 11.8 Å². The minimum atomic E-state index is -0.985. The van der Waals surface area contributed by atoms with Crippen LogP contribution in [0.2, 0.25) is 0 Å². The molecule has 0 aliphatic heterocycles. The zero-order valence-corrected chi connectivity index (χ0v) is 23.4. The summed E-state index contributed by atoms with van der Waals surface area (Å²) in [5, 5.41) is 4.74. The highest BCUT2D eigenvalue weighted by Gasteiger charge is 2.22. The quantitative estimate of drug-likeness (QED) is 0.177. The van der Waals surface area contributed by atoms with Crippen molar-refractivity contribution in [2.75, 3.05) is 4.90 Å². The van der Waals surface area contributed by atoms with Gasteiger partial charge in [0.15, 0.2) is 17.4 Å². The Labute approximate surface area is 248 Å². The fourth-order valence-electron chi connectivity index (χ4n) is 4.83. The molecule has 0 spiro atoms. The summed E-state index contributed by atoms with van der Waals surface area (Å²) in [5.74, 6) is -1.53. The van der Waals surface area contributed by atoms with Crippen molar-refractivity contribution >= 4 is 28.3 Å². The van der Waals surface area contributed by atoms with Gasteiger partial charge in [0.05, 0.1) is 12.2 Å². The van der Waals surface area contributed by atoms with Crippen LogP contribution in [0.15, 0.2) is 109 Å². The number of amides is 2. The van der Waals surface area contributed by atoms with E-state index in [1.807, 2.05) is 84.9 Å². The molecule has 5 aromatic rings. The number of hydrogen-bond donors (Lipinski definition) is 2. The Morgan fingerprint density at radius 3 is 2.37 bits per heavy atom. The summed E-state index contributed by atoms with van der Waals surface area (Å²) in [5.41, 5.74) is 8.64. The predicted octanol–water partition coefficient (Wildman–Crippen LogP) is 7.00. The first-order valence-corrected chi connectivity index (χ1v) is 13.9. The van der Waals surface area contributed by atoms with E-state index in [-0.39, 0.29) is 37.7 Å². The van der Waals surface area contributed by atoms with Crippen molar-refractivity contribution in [1.82, 2.24) is 5.32 Å². The lowest BCUT2D eigenvalue weighted by molar-refractivity contribution is -0.125. The van der Waals surface area contributed by atoms with Crippen LogP contribution in [0, 0.1) is 11.6 Å². The van der Waals surface area contributed by atoms with Crippen LogP contribution in [0.1, 0.15) is 29.5 Å². The predicted molar refractivity (Wildman–Crippen MR) is 163 cm³/mol. The Morgan fingerprint density at radius 2 is 1.53 bits per heavy atom. The molecule has 0 fully saturated rings. The van der Waals surface area contributed by atoms with Crippen LogP contribution in [-0.2, 0) is 29.2 Å². The second-order valence-corrected chi connectivity index (χ2v) is 10.1. The van der Waals surface area contributed by atoms with Crippen molar-refractivity contribution in [1.29, 1.82) is 0 Å². The molecule has 0 aromatic heterocycles. The summed E-state index contributed by atoms with van der Waals surface area (Å²) in [6, 6.07) is 32.1. The van der Waals surface area contributed by atoms with Crippen LogP contribution >= 0.6 is 0 Å². The molecule has 0 radical (unpaired) electrons. The first-order chi connectivity index (χ1) is 20.9. The Morgan fingerprint density at radius 1 is 0.767 bits per heavy atom. The van der Waals surface area contributed by atoms with E-state index in [4.69, 9.17) is 10.5 Å². The first kappa shape index (κ1) is 29.4. The summed E-state index contributed by atoms with van der Waals surface area (Å²) >= 11 is 0. The maximum absolute atomic E-state index is 13.8. The summed E-state index contributed by atoms with van der Waals surface area (Å²) in [4.78, 5) is 28.1. The third kappa shape index (κ3) is 7.42. The van der Waals surface area contributed by atoms with Crippen molar-refractivity contribution in [2.45, 2.75) is 32.5 Å². The highest BCUT2D eigenvalue weighted by molar-refractivity contribution is 5.97. The van der Waals surface area contributed by atoms with Crippen LogP contribution in [0.5, 0.6) is 11.5 Å². The molecule has 43 heavy (non-hydrogen) atoms. The maximum atomic E-state index is 13.8. The summed E-state index contributed by atoms with van der Waals surface area (Å²) in [6.45, 7) is 0.630. The van der Waals surface area contributed by atoms with E-state index in [1.54, 1.807) is 11.0 Å². The van der Waals surface area contributed by atoms with Crippen molar-refractivity contribution in [2.24, 2.45) is 5.73 Å². The Bertz CT molecular complexity index is 1750. The first-order valence-electron chi connectivity index (χ1n) is 13.9. The van der Waals surface area contributed by atoms with Crippen LogP contribution < -0.4 is 20.7 Å². The van der Waals surface area contributed by atoms with Gasteiger partial charge in [-0.3, -0.25) is 9.59 Å². The molecule has 0 saturated carbocycles. The van der Waals surface area contributed by atoms with Gasteiger partial charge >= 0.3 is 0 Å². The molecule has 3 N–H and O–H groups in total. The molecule has 0 aliphatic carbocycles. The molecule has 0 bridgehead atoms. The van der Waals surface area contributed by atoms with Gasteiger partial charge in [0.1, 0.15) is 5.75 Å². The van der Waals surface area contributed by atoms with Gasteiger partial charge in [-0.25, -0.2) is 8.78 Å². The molecule has 0 atom stereocenters. The van der Waals surface area contributed by atoms with Crippen LogP contribution in [0.3, 0.4) is 0 Å². The molecule has 8 heteroatoms. The number of ether oxygens (including phenoxy) is 1. The van der Waals surface area contributed by atoms with Gasteiger partial charge in [-0.05, 0) is 63.9 Å². The van der Waals surface area contributed by atoms with Gasteiger partial charge in [0, 0.05) is 25.9 Å². The minimum Gasteiger partial charge on any atom is -0.455 e. The summed E-state index contributed by atoms with van der Waals surface area (Å²) in [7, 11) is 0. The number of rotatable bonds is 11. The smallest absolute Gasteiger partial charge is 0.227 e. The van der Waals surface area contributed by atoms with E-state index >= 15 is 0 Å². The number of benzene rings is 5. The van der Waals surface area contributed by atoms with E-state index in [1.165, 1.54) is 6.07 Å². The highest BCUT2D eigenvalue weighted by atomic mass is 19.2. The number of fused-ring (bicyclic) bond motifs is 1. The Balaban J connectivity index is 1.38. The number of nitrogens with one attached hydrogen (secondary N) is 1. The molecular weight excluding hydrogens is 548 g/mol. The number of anilines is 1. The van der Waals surface area contributed by atoms with E-state index < -0.39 is 11.6 Å². The largest absolute Gasteiger partial charge is 0.455 e. The normalized spacial score (nSPS) is 10.9. The lowest BCUT2D eigenvalue weighted by atomic mass is 10.0. The van der Waals surface area contributed by atoms with E-state index in [2.05, 4.69) is 5.32 Å². The van der Waals surface area contributed by atoms with Crippen LogP contribution in [0.25, 0.3) is 10.8 Å². The number of halogens is 2. The molecule has 0 unspecified atom stereocenters. The van der Waals surface area contributed by atoms with Crippen molar-refractivity contribution in [3.63, 3.8) is 0 Å². The number of para-hydroxylation sites is 2. The van der Waals surface area contributed by atoms with Crippen LogP contribution in [0.4, 0.5) is 14.5 Å². The van der Waals surface area contributed by atoms with Gasteiger partial charge in [-0.1, -0.05) is 72.8 Å². The monoisotopic (exact) mass is 579 g/mol. The van der Waals surface area contributed by atoms with Crippen LogP contribution in [-0.4, -0.2) is 11.8 Å². The lowest BCUT2D eigenvalue weighted by Crippen LogP contribution is -2.32. The zero-order chi connectivity index (χ0) is 30.2. The zero-order valence-electron chi connectivity index (χ0n) is 23.4. The number of nitrogens with two attached hydrogens (primary N) is 1. The molecule has 2 amide bonds. The Hall–Kier alpha value is -5.08. The van der Waals surface area contributed by atoms with Gasteiger partial charge < -0.3 is 20.7 Å². The van der Waals surface area contributed by atoms with Gasteiger partial charge in [0.25, 0.3) is 0 Å². The highest BCUT2D eigenvalue weighted by Crippen LogP contribution is 2.35. The number of carbonyl (C=O) groups excluding carboxylic acids is 2. The standard InChI is InChI=1S/C35H31F2N3O3/c36-30-16-15-25(20-31(30)37)22-39-34(41)17-18-35(42)40(23-27-10-6-9-26-8-1-2-12-29(26)27)32-13-3-4-14-33(32)43-28-11-5-7-24(19-28)21-38/h1-16,19-20H,17-18,21-23,38H2,(H,39,41). The van der Waals surface area contributed by atoms with Gasteiger partial charge in [-0.15, -0.1) is 0 Å². The second-order valence-electron chi connectivity index (χ2n) is 10.1. The minimum absolute atomic E-state index is 0.0163. The third-order valence-electron chi connectivity index (χ3n) is 7.07. The molecular formula is C35H31F2N3O3. The molecule has 0 aliphatic rings. The van der Waals surface area contributed by atoms with E-state index in [9.17, 15) is 18.4 Å². The summed E-state index contributed by atoms with van der Waals surface area (Å²) < 4.78 is 33.0. The lowest BCUT2D eigenvalue weighted by Gasteiger charge is -2.26. The average molecular weight is 580 g/mol. The Kier molecular flexibility index (Phi) is 9.39. The topological polar surface area (TPSA) is 84.7 Å².